The molecule has 1 aliphatic heterocycles. The molecule has 1 amide bonds. The Bertz CT molecular complexity index is 702. The fourth-order valence-electron chi connectivity index (χ4n) is 2.56. The molecule has 22 heavy (non-hydrogen) atoms. The average molecular weight is 301 g/mol. The van der Waals surface area contributed by atoms with Crippen molar-refractivity contribution in [2.75, 3.05) is 11.5 Å². The fraction of sp³-hybridized carbons (Fsp3) is 0.375. The highest BCUT2D eigenvalue weighted by Crippen LogP contribution is 2.35. The van der Waals surface area contributed by atoms with E-state index in [9.17, 15) is 4.79 Å². The second kappa shape index (κ2) is 5.46. The van der Waals surface area contributed by atoms with Gasteiger partial charge in [0.15, 0.2) is 6.61 Å². The lowest BCUT2D eigenvalue weighted by molar-refractivity contribution is -0.121. The number of anilines is 1. The molecule has 3 rings (SSSR count). The summed E-state index contributed by atoms with van der Waals surface area (Å²) in [6.07, 6.45) is 0. The topological polar surface area (TPSA) is 81.6 Å². The molecule has 1 aliphatic rings. The highest BCUT2D eigenvalue weighted by molar-refractivity contribution is 5.97. The van der Waals surface area contributed by atoms with Gasteiger partial charge in [0.1, 0.15) is 11.5 Å². The molecule has 1 aromatic heterocycles. The van der Waals surface area contributed by atoms with Gasteiger partial charge in [-0.25, -0.2) is 0 Å². The van der Waals surface area contributed by atoms with Crippen LogP contribution in [0.4, 0.5) is 5.69 Å². The Hall–Kier alpha value is -2.34. The third-order valence-electron chi connectivity index (χ3n) is 3.95. The van der Waals surface area contributed by atoms with Crippen molar-refractivity contribution in [1.29, 1.82) is 0 Å². The Labute approximate surface area is 128 Å². The first-order valence-electron chi connectivity index (χ1n) is 7.22. The number of aryl methyl sites for hydroxylation is 2. The third kappa shape index (κ3) is 2.46. The van der Waals surface area contributed by atoms with E-state index in [1.165, 1.54) is 0 Å². The maximum Gasteiger partial charge on any atom is 0.265 e. The van der Waals surface area contributed by atoms with Crippen molar-refractivity contribution in [2.45, 2.75) is 33.4 Å². The summed E-state index contributed by atoms with van der Waals surface area (Å²) in [7, 11) is 0. The number of amides is 1. The van der Waals surface area contributed by atoms with E-state index >= 15 is 0 Å². The lowest BCUT2D eigenvalue weighted by atomic mass is 10.1. The van der Waals surface area contributed by atoms with Crippen molar-refractivity contribution in [2.24, 2.45) is 5.73 Å². The van der Waals surface area contributed by atoms with Crippen molar-refractivity contribution in [3.8, 4) is 5.75 Å². The number of nitrogens with zero attached hydrogens (tertiary/aromatic N) is 2. The molecular weight excluding hydrogens is 282 g/mol. The molecule has 0 fully saturated rings. The lowest BCUT2D eigenvalue weighted by Gasteiger charge is -2.30. The van der Waals surface area contributed by atoms with Crippen molar-refractivity contribution in [3.63, 3.8) is 0 Å². The molecule has 1 aromatic carbocycles. The van der Waals surface area contributed by atoms with E-state index in [2.05, 4.69) is 5.16 Å². The minimum absolute atomic E-state index is 0.0356. The summed E-state index contributed by atoms with van der Waals surface area (Å²) in [6.45, 7) is 6.08. The van der Waals surface area contributed by atoms with E-state index in [1.54, 1.807) is 4.90 Å². The molecule has 0 saturated heterocycles. The van der Waals surface area contributed by atoms with Crippen molar-refractivity contribution in [3.05, 3.63) is 40.8 Å². The largest absolute Gasteiger partial charge is 0.482 e. The van der Waals surface area contributed by atoms with Crippen LogP contribution >= 0.6 is 0 Å². The van der Waals surface area contributed by atoms with Gasteiger partial charge in [0.25, 0.3) is 5.91 Å². The number of carbonyl (C=O) groups excluding carboxylic acids is 1. The molecule has 2 N–H and O–H groups in total. The minimum Gasteiger partial charge on any atom is -0.482 e. The number of hydrogen-bond acceptors (Lipinski definition) is 5. The molecule has 0 spiro atoms. The number of aromatic nitrogens is 1. The highest BCUT2D eigenvalue weighted by atomic mass is 16.5. The molecule has 116 valence electrons. The molecule has 6 heteroatoms. The van der Waals surface area contributed by atoms with Gasteiger partial charge in [-0.2, -0.15) is 0 Å². The van der Waals surface area contributed by atoms with Gasteiger partial charge in [-0.3, -0.25) is 4.79 Å². The number of fused-ring (bicyclic) bond motifs is 1. The van der Waals surface area contributed by atoms with Crippen molar-refractivity contribution < 1.29 is 14.1 Å². The standard InChI is InChI=1S/C16H19N3O3/c1-9(17)12-4-5-15-14(6-12)19(16(20)8-21-15)7-13-10(2)18-22-11(13)3/h4-6,9H,7-8,17H2,1-3H3/t9-/m1/s1. The summed E-state index contributed by atoms with van der Waals surface area (Å²) in [5, 5.41) is 3.94. The summed E-state index contributed by atoms with van der Waals surface area (Å²) in [5.74, 6) is 1.33. The van der Waals surface area contributed by atoms with E-state index in [4.69, 9.17) is 15.0 Å². The first-order chi connectivity index (χ1) is 10.5. The minimum atomic E-state index is -0.108. The number of rotatable bonds is 3. The van der Waals surface area contributed by atoms with Crippen LogP contribution in [0.5, 0.6) is 5.75 Å². The lowest BCUT2D eigenvalue weighted by Crippen LogP contribution is -2.38. The summed E-state index contributed by atoms with van der Waals surface area (Å²) in [6, 6.07) is 5.59. The van der Waals surface area contributed by atoms with Gasteiger partial charge in [0.05, 0.1) is 17.9 Å². The van der Waals surface area contributed by atoms with Crippen molar-refractivity contribution in [1.82, 2.24) is 5.16 Å². The SMILES string of the molecule is Cc1noc(C)c1CN1C(=O)COc2ccc([C@@H](C)N)cc21. The van der Waals surface area contributed by atoms with Crippen molar-refractivity contribution >= 4 is 11.6 Å². The zero-order valence-corrected chi connectivity index (χ0v) is 12.9. The summed E-state index contributed by atoms with van der Waals surface area (Å²) >= 11 is 0. The van der Waals surface area contributed by atoms with Crippen LogP contribution in [-0.2, 0) is 11.3 Å². The Morgan fingerprint density at radius 1 is 1.41 bits per heavy atom. The van der Waals surface area contributed by atoms with E-state index in [0.29, 0.717) is 12.3 Å². The maximum atomic E-state index is 12.3. The van der Waals surface area contributed by atoms with Crippen LogP contribution in [0.3, 0.4) is 0 Å². The average Bonchev–Trinajstić information content (AvgIpc) is 2.81. The molecule has 2 heterocycles. The van der Waals surface area contributed by atoms with E-state index in [1.807, 2.05) is 39.0 Å². The van der Waals surface area contributed by atoms with E-state index in [0.717, 1.165) is 28.3 Å². The zero-order valence-electron chi connectivity index (χ0n) is 12.9. The van der Waals surface area contributed by atoms with Gasteiger partial charge in [0.2, 0.25) is 0 Å². The monoisotopic (exact) mass is 301 g/mol. The fourth-order valence-corrected chi connectivity index (χ4v) is 2.56. The Morgan fingerprint density at radius 3 is 2.82 bits per heavy atom. The highest BCUT2D eigenvalue weighted by Gasteiger charge is 2.28. The van der Waals surface area contributed by atoms with Crippen LogP contribution in [0.15, 0.2) is 22.7 Å². The Morgan fingerprint density at radius 2 is 2.18 bits per heavy atom. The molecule has 6 nitrogen and oxygen atoms in total. The molecule has 0 bridgehead atoms. The quantitative estimate of drug-likeness (QED) is 0.940. The molecule has 0 radical (unpaired) electrons. The molecule has 0 aliphatic carbocycles. The van der Waals surface area contributed by atoms with Crippen LogP contribution in [0.2, 0.25) is 0 Å². The molecule has 0 unspecified atom stereocenters. The summed E-state index contributed by atoms with van der Waals surface area (Å²) < 4.78 is 10.7. The second-order valence-electron chi connectivity index (χ2n) is 5.59. The normalized spacial score (nSPS) is 15.5. The molecular formula is C16H19N3O3. The van der Waals surface area contributed by atoms with E-state index < -0.39 is 0 Å². The predicted octanol–water partition coefficient (Wildman–Crippen LogP) is 2.24. The van der Waals surface area contributed by atoms with Gasteiger partial charge in [-0.05, 0) is 38.5 Å². The molecule has 0 saturated carbocycles. The maximum absolute atomic E-state index is 12.3. The number of ether oxygens (including phenoxy) is 1. The number of carbonyl (C=O) groups is 1. The first-order valence-corrected chi connectivity index (χ1v) is 7.22. The van der Waals surface area contributed by atoms with Gasteiger partial charge >= 0.3 is 0 Å². The number of hydrogen-bond donors (Lipinski definition) is 1. The summed E-state index contributed by atoms with van der Waals surface area (Å²) in [5.41, 5.74) is 9.36. The van der Waals surface area contributed by atoms with Gasteiger partial charge in [-0.1, -0.05) is 11.2 Å². The number of nitrogens with two attached hydrogens (primary N) is 1. The van der Waals surface area contributed by atoms with E-state index in [-0.39, 0.29) is 18.6 Å². The van der Waals surface area contributed by atoms with Gasteiger partial charge in [0, 0.05) is 11.6 Å². The third-order valence-corrected chi connectivity index (χ3v) is 3.95. The molecule has 1 atom stereocenters. The first kappa shape index (κ1) is 14.6. The van der Waals surface area contributed by atoms with Crippen LogP contribution in [-0.4, -0.2) is 17.7 Å². The van der Waals surface area contributed by atoms with Crippen LogP contribution in [0.1, 0.15) is 35.5 Å². The second-order valence-corrected chi connectivity index (χ2v) is 5.59. The smallest absolute Gasteiger partial charge is 0.265 e. The Kier molecular flexibility index (Phi) is 3.62. The van der Waals surface area contributed by atoms with Crippen LogP contribution in [0, 0.1) is 13.8 Å². The van der Waals surface area contributed by atoms with Gasteiger partial charge in [-0.15, -0.1) is 0 Å². The zero-order chi connectivity index (χ0) is 15.9. The summed E-state index contributed by atoms with van der Waals surface area (Å²) in [4.78, 5) is 14.0. The number of benzene rings is 1. The van der Waals surface area contributed by atoms with Crippen LogP contribution in [0.25, 0.3) is 0 Å². The van der Waals surface area contributed by atoms with Gasteiger partial charge < -0.3 is 19.9 Å². The van der Waals surface area contributed by atoms with Crippen LogP contribution < -0.4 is 15.4 Å². The Balaban J connectivity index is 2.01. The predicted molar refractivity (Wildman–Crippen MR) is 81.7 cm³/mol. The molecule has 2 aromatic rings.